The Morgan fingerprint density at radius 2 is 1.89 bits per heavy atom. The van der Waals surface area contributed by atoms with Crippen LogP contribution in [0, 0.1) is 5.82 Å². The van der Waals surface area contributed by atoms with Crippen LogP contribution in [-0.2, 0) is 6.54 Å². The number of hydrogen-bond donors (Lipinski definition) is 1. The predicted molar refractivity (Wildman–Crippen MR) is 78.1 cm³/mol. The molecule has 0 heterocycles. The lowest BCUT2D eigenvalue weighted by Gasteiger charge is -2.22. The molecule has 0 amide bonds. The second-order valence-electron chi connectivity index (χ2n) is 4.44. The van der Waals surface area contributed by atoms with Crippen molar-refractivity contribution in [2.24, 2.45) is 5.73 Å². The van der Waals surface area contributed by atoms with E-state index in [4.69, 9.17) is 18.0 Å². The number of nitrogens with two attached hydrogens (primary N) is 1. The molecule has 0 radical (unpaired) electrons. The van der Waals surface area contributed by atoms with Gasteiger partial charge in [0.05, 0.1) is 0 Å². The van der Waals surface area contributed by atoms with Crippen molar-refractivity contribution in [1.82, 2.24) is 4.90 Å². The molecule has 0 spiro atoms. The zero-order valence-corrected chi connectivity index (χ0v) is 11.9. The third-order valence-electron chi connectivity index (χ3n) is 2.81. The summed E-state index contributed by atoms with van der Waals surface area (Å²) in [4.78, 5) is 2.63. The second kappa shape index (κ2) is 7.44. The average molecular weight is 268 g/mol. The quantitative estimate of drug-likeness (QED) is 0.771. The summed E-state index contributed by atoms with van der Waals surface area (Å²) in [5, 5.41) is 0. The molecule has 0 fully saturated rings. The first-order chi connectivity index (χ1) is 8.58. The lowest BCUT2D eigenvalue weighted by molar-refractivity contribution is 0.266. The van der Waals surface area contributed by atoms with Crippen LogP contribution >= 0.6 is 12.2 Å². The molecule has 1 rings (SSSR count). The number of halogens is 1. The fourth-order valence-corrected chi connectivity index (χ4v) is 2.28. The highest BCUT2D eigenvalue weighted by Gasteiger charge is 2.10. The van der Waals surface area contributed by atoms with Gasteiger partial charge in [0, 0.05) is 12.1 Å². The molecule has 0 aliphatic rings. The minimum absolute atomic E-state index is 0.238. The molecule has 0 aliphatic heterocycles. The van der Waals surface area contributed by atoms with E-state index >= 15 is 0 Å². The Morgan fingerprint density at radius 1 is 1.28 bits per heavy atom. The van der Waals surface area contributed by atoms with Crippen LogP contribution in [-0.4, -0.2) is 23.0 Å². The van der Waals surface area contributed by atoms with Gasteiger partial charge in [0.2, 0.25) is 0 Å². The predicted octanol–water partition coefficient (Wildman–Crippen LogP) is 3.08. The molecule has 1 aromatic carbocycles. The minimum atomic E-state index is -0.238. The molecule has 4 heteroatoms. The van der Waals surface area contributed by atoms with E-state index in [2.05, 4.69) is 18.7 Å². The molecule has 0 aromatic heterocycles. The van der Waals surface area contributed by atoms with Gasteiger partial charge in [0.1, 0.15) is 10.8 Å². The lowest BCUT2D eigenvalue weighted by Crippen LogP contribution is -2.26. The highest BCUT2D eigenvalue weighted by atomic mass is 32.1. The maximum atomic E-state index is 13.3. The number of benzene rings is 1. The van der Waals surface area contributed by atoms with Crippen molar-refractivity contribution in [2.45, 2.75) is 33.2 Å². The van der Waals surface area contributed by atoms with Crippen LogP contribution in [0.25, 0.3) is 0 Å². The van der Waals surface area contributed by atoms with Crippen molar-refractivity contribution in [3.05, 3.63) is 35.1 Å². The Labute approximate surface area is 114 Å². The summed E-state index contributed by atoms with van der Waals surface area (Å²) in [6, 6.07) is 4.61. The maximum absolute atomic E-state index is 13.3. The largest absolute Gasteiger partial charge is 0.389 e. The van der Waals surface area contributed by atoms with Crippen LogP contribution in [0.3, 0.4) is 0 Å². The summed E-state index contributed by atoms with van der Waals surface area (Å²) in [5.41, 5.74) is 7.34. The summed E-state index contributed by atoms with van der Waals surface area (Å²) in [6.07, 6.45) is 2.16. The SMILES string of the molecule is CCCN(CCC)Cc1cc(F)ccc1C(N)=S. The van der Waals surface area contributed by atoms with Crippen molar-refractivity contribution in [1.29, 1.82) is 0 Å². The van der Waals surface area contributed by atoms with Gasteiger partial charge in [-0.15, -0.1) is 0 Å². The Bertz CT molecular complexity index is 401. The van der Waals surface area contributed by atoms with Gasteiger partial charge < -0.3 is 5.73 Å². The molecule has 0 atom stereocenters. The van der Waals surface area contributed by atoms with Crippen LogP contribution in [0.15, 0.2) is 18.2 Å². The smallest absolute Gasteiger partial charge is 0.123 e. The van der Waals surface area contributed by atoms with E-state index in [9.17, 15) is 4.39 Å². The number of rotatable bonds is 7. The molecule has 0 unspecified atom stereocenters. The molecule has 0 saturated heterocycles. The Morgan fingerprint density at radius 3 is 2.39 bits per heavy atom. The van der Waals surface area contributed by atoms with Gasteiger partial charge in [-0.3, -0.25) is 4.90 Å². The molecule has 0 bridgehead atoms. The van der Waals surface area contributed by atoms with Gasteiger partial charge in [-0.2, -0.15) is 0 Å². The monoisotopic (exact) mass is 268 g/mol. The molecule has 100 valence electrons. The van der Waals surface area contributed by atoms with Gasteiger partial charge in [-0.25, -0.2) is 4.39 Å². The number of thiocarbonyl (C=S) groups is 1. The summed E-state index contributed by atoms with van der Waals surface area (Å²) in [6.45, 7) is 6.99. The van der Waals surface area contributed by atoms with Crippen LogP contribution in [0.5, 0.6) is 0 Å². The van der Waals surface area contributed by atoms with E-state index in [1.165, 1.54) is 12.1 Å². The van der Waals surface area contributed by atoms with Crippen molar-refractivity contribution in [3.63, 3.8) is 0 Å². The average Bonchev–Trinajstić information content (AvgIpc) is 2.29. The fraction of sp³-hybridized carbons (Fsp3) is 0.500. The van der Waals surface area contributed by atoms with Gasteiger partial charge in [-0.1, -0.05) is 26.1 Å². The molecular formula is C14H21FN2S. The van der Waals surface area contributed by atoms with Crippen molar-refractivity contribution in [3.8, 4) is 0 Å². The highest BCUT2D eigenvalue weighted by Crippen LogP contribution is 2.14. The van der Waals surface area contributed by atoms with E-state index in [-0.39, 0.29) is 5.82 Å². The molecule has 18 heavy (non-hydrogen) atoms. The Balaban J connectivity index is 2.92. The van der Waals surface area contributed by atoms with Crippen LogP contribution in [0.1, 0.15) is 37.8 Å². The standard InChI is InChI=1S/C14H21FN2S/c1-3-7-17(8-4-2)10-11-9-12(15)5-6-13(11)14(16)18/h5-6,9H,3-4,7-8,10H2,1-2H3,(H2,16,18). The topological polar surface area (TPSA) is 29.3 Å². The summed E-state index contributed by atoms with van der Waals surface area (Å²) >= 11 is 5.01. The zero-order chi connectivity index (χ0) is 13.5. The van der Waals surface area contributed by atoms with E-state index in [0.717, 1.165) is 37.1 Å². The van der Waals surface area contributed by atoms with Crippen LogP contribution in [0.4, 0.5) is 4.39 Å². The Hall–Kier alpha value is -1.00. The molecule has 2 N–H and O–H groups in total. The summed E-state index contributed by atoms with van der Waals surface area (Å²) in [7, 11) is 0. The van der Waals surface area contributed by atoms with E-state index < -0.39 is 0 Å². The third kappa shape index (κ3) is 4.35. The molecular weight excluding hydrogens is 247 g/mol. The fourth-order valence-electron chi connectivity index (χ4n) is 2.08. The second-order valence-corrected chi connectivity index (χ2v) is 4.88. The maximum Gasteiger partial charge on any atom is 0.123 e. The first kappa shape index (κ1) is 15.1. The molecule has 2 nitrogen and oxygen atoms in total. The molecule has 0 saturated carbocycles. The molecule has 0 aliphatic carbocycles. The van der Waals surface area contributed by atoms with E-state index in [0.29, 0.717) is 11.5 Å². The van der Waals surface area contributed by atoms with Gasteiger partial charge in [-0.05, 0) is 49.7 Å². The highest BCUT2D eigenvalue weighted by molar-refractivity contribution is 7.80. The van der Waals surface area contributed by atoms with Crippen molar-refractivity contribution >= 4 is 17.2 Å². The van der Waals surface area contributed by atoms with Gasteiger partial charge in [0.15, 0.2) is 0 Å². The summed E-state index contributed by atoms with van der Waals surface area (Å²) < 4.78 is 13.3. The first-order valence-corrected chi connectivity index (χ1v) is 6.79. The van der Waals surface area contributed by atoms with Gasteiger partial charge >= 0.3 is 0 Å². The van der Waals surface area contributed by atoms with E-state index in [1.54, 1.807) is 6.07 Å². The lowest BCUT2D eigenvalue weighted by atomic mass is 10.1. The van der Waals surface area contributed by atoms with Crippen molar-refractivity contribution < 1.29 is 4.39 Å². The number of hydrogen-bond acceptors (Lipinski definition) is 2. The minimum Gasteiger partial charge on any atom is -0.389 e. The Kier molecular flexibility index (Phi) is 6.22. The van der Waals surface area contributed by atoms with Crippen LogP contribution in [0.2, 0.25) is 0 Å². The van der Waals surface area contributed by atoms with Crippen molar-refractivity contribution in [2.75, 3.05) is 13.1 Å². The number of nitrogens with zero attached hydrogens (tertiary/aromatic N) is 1. The molecule has 1 aromatic rings. The summed E-state index contributed by atoms with van der Waals surface area (Å²) in [5.74, 6) is -0.238. The van der Waals surface area contributed by atoms with E-state index in [1.807, 2.05) is 0 Å². The first-order valence-electron chi connectivity index (χ1n) is 6.39. The zero-order valence-electron chi connectivity index (χ0n) is 11.1. The van der Waals surface area contributed by atoms with Crippen LogP contribution < -0.4 is 5.73 Å². The third-order valence-corrected chi connectivity index (χ3v) is 3.03. The van der Waals surface area contributed by atoms with Gasteiger partial charge in [0.25, 0.3) is 0 Å². The normalized spacial score (nSPS) is 10.9.